The zero-order chi connectivity index (χ0) is 19.8. The molecule has 3 rings (SSSR count). The molecule has 0 aliphatic rings. The summed E-state index contributed by atoms with van der Waals surface area (Å²) in [6.45, 7) is 0.193. The minimum absolute atomic E-state index is 0.0917. The third kappa shape index (κ3) is 5.69. The van der Waals surface area contributed by atoms with E-state index in [4.69, 9.17) is 9.15 Å². The van der Waals surface area contributed by atoms with Crippen molar-refractivity contribution in [3.63, 3.8) is 0 Å². The lowest BCUT2D eigenvalue weighted by molar-refractivity contribution is -0.121. The number of rotatable bonds is 9. The van der Waals surface area contributed by atoms with Crippen molar-refractivity contribution in [3.05, 3.63) is 78.3 Å². The van der Waals surface area contributed by atoms with Crippen molar-refractivity contribution in [2.45, 2.75) is 18.9 Å². The Hall–Kier alpha value is -3.12. The van der Waals surface area contributed by atoms with E-state index in [9.17, 15) is 14.3 Å². The third-order valence-electron chi connectivity index (χ3n) is 4.12. The summed E-state index contributed by atoms with van der Waals surface area (Å²) in [6, 6.07) is 18.9. The maximum atomic E-state index is 13.8. The molecule has 146 valence electrons. The van der Waals surface area contributed by atoms with Gasteiger partial charge in [-0.05, 0) is 36.4 Å². The van der Waals surface area contributed by atoms with Crippen LogP contribution in [0.25, 0.3) is 11.3 Å². The Morgan fingerprint density at radius 1 is 1.07 bits per heavy atom. The predicted octanol–water partition coefficient (Wildman–Crippen LogP) is 3.57. The van der Waals surface area contributed by atoms with E-state index >= 15 is 0 Å². The lowest BCUT2D eigenvalue weighted by atomic mass is 10.1. The van der Waals surface area contributed by atoms with E-state index in [1.54, 1.807) is 42.5 Å². The summed E-state index contributed by atoms with van der Waals surface area (Å²) in [4.78, 5) is 12.0. The Balaban J connectivity index is 1.39. The molecule has 0 aliphatic heterocycles. The molecule has 2 aromatic carbocycles. The topological polar surface area (TPSA) is 71.7 Å². The molecule has 1 aromatic heterocycles. The van der Waals surface area contributed by atoms with Gasteiger partial charge in [0.25, 0.3) is 0 Å². The summed E-state index contributed by atoms with van der Waals surface area (Å²) in [6.07, 6.45) is -0.215. The largest absolute Gasteiger partial charge is 0.491 e. The minimum Gasteiger partial charge on any atom is -0.491 e. The van der Waals surface area contributed by atoms with Gasteiger partial charge in [-0.1, -0.05) is 30.3 Å². The van der Waals surface area contributed by atoms with Crippen LogP contribution in [0.4, 0.5) is 4.39 Å². The van der Waals surface area contributed by atoms with Crippen molar-refractivity contribution in [2.24, 2.45) is 0 Å². The van der Waals surface area contributed by atoms with E-state index in [1.807, 2.05) is 18.2 Å². The summed E-state index contributed by atoms with van der Waals surface area (Å²) in [5.41, 5.74) is 0.389. The SMILES string of the molecule is O=C(CCc1ccc(-c2ccccc2F)o1)NCC(O)COc1ccccc1. The van der Waals surface area contributed by atoms with Crippen molar-refractivity contribution in [2.75, 3.05) is 13.2 Å². The summed E-state index contributed by atoms with van der Waals surface area (Å²) in [7, 11) is 0. The van der Waals surface area contributed by atoms with Crippen LogP contribution in [0.2, 0.25) is 0 Å². The van der Waals surface area contributed by atoms with E-state index < -0.39 is 6.10 Å². The molecular weight excluding hydrogens is 361 g/mol. The zero-order valence-corrected chi connectivity index (χ0v) is 15.3. The van der Waals surface area contributed by atoms with Gasteiger partial charge < -0.3 is 19.6 Å². The number of benzene rings is 2. The van der Waals surface area contributed by atoms with Gasteiger partial charge in [0.05, 0.1) is 5.56 Å². The Bertz CT molecular complexity index is 894. The van der Waals surface area contributed by atoms with Gasteiger partial charge in [0.15, 0.2) is 0 Å². The van der Waals surface area contributed by atoms with Gasteiger partial charge in [0.1, 0.15) is 35.8 Å². The Morgan fingerprint density at radius 2 is 1.82 bits per heavy atom. The van der Waals surface area contributed by atoms with E-state index in [2.05, 4.69) is 5.32 Å². The van der Waals surface area contributed by atoms with Crippen molar-refractivity contribution in [1.82, 2.24) is 5.32 Å². The highest BCUT2D eigenvalue weighted by Gasteiger charge is 2.12. The van der Waals surface area contributed by atoms with Gasteiger partial charge in [-0.3, -0.25) is 4.79 Å². The molecule has 0 bridgehead atoms. The first-order chi connectivity index (χ1) is 13.6. The first kappa shape index (κ1) is 19.6. The smallest absolute Gasteiger partial charge is 0.220 e. The lowest BCUT2D eigenvalue weighted by Gasteiger charge is -2.13. The van der Waals surface area contributed by atoms with Crippen molar-refractivity contribution >= 4 is 5.91 Å². The molecule has 1 amide bonds. The number of aliphatic hydroxyl groups excluding tert-OH is 1. The number of aliphatic hydroxyl groups is 1. The number of amides is 1. The molecule has 0 saturated carbocycles. The van der Waals surface area contributed by atoms with E-state index in [-0.39, 0.29) is 31.3 Å². The fourth-order valence-electron chi connectivity index (χ4n) is 2.64. The van der Waals surface area contributed by atoms with Crippen LogP contribution in [0.3, 0.4) is 0 Å². The average molecular weight is 383 g/mol. The molecule has 3 aromatic rings. The standard InChI is InChI=1S/C22H22FNO4/c23-20-9-5-4-8-19(20)21-12-10-18(28-21)11-13-22(26)24-14-16(25)15-27-17-6-2-1-3-7-17/h1-10,12,16,25H,11,13-15H2,(H,24,26). The van der Waals surface area contributed by atoms with Crippen molar-refractivity contribution < 1.29 is 23.4 Å². The molecule has 6 heteroatoms. The number of aryl methyl sites for hydroxylation is 1. The maximum Gasteiger partial charge on any atom is 0.220 e. The summed E-state index contributed by atoms with van der Waals surface area (Å²) >= 11 is 0. The molecule has 2 N–H and O–H groups in total. The Morgan fingerprint density at radius 3 is 2.61 bits per heavy atom. The minimum atomic E-state index is -0.805. The van der Waals surface area contributed by atoms with Gasteiger partial charge in [-0.25, -0.2) is 4.39 Å². The van der Waals surface area contributed by atoms with Gasteiger partial charge in [0.2, 0.25) is 5.91 Å². The first-order valence-corrected chi connectivity index (χ1v) is 9.08. The molecule has 0 saturated heterocycles. The lowest BCUT2D eigenvalue weighted by Crippen LogP contribution is -2.35. The van der Waals surface area contributed by atoms with Gasteiger partial charge >= 0.3 is 0 Å². The molecule has 0 radical (unpaired) electrons. The quantitative estimate of drug-likeness (QED) is 0.593. The highest BCUT2D eigenvalue weighted by molar-refractivity contribution is 5.76. The number of carbonyl (C=O) groups is 1. The second-order valence-electron chi connectivity index (χ2n) is 6.33. The predicted molar refractivity (Wildman–Crippen MR) is 103 cm³/mol. The van der Waals surface area contributed by atoms with Crippen LogP contribution in [-0.2, 0) is 11.2 Å². The monoisotopic (exact) mass is 383 g/mol. The van der Waals surface area contributed by atoms with Crippen LogP contribution in [-0.4, -0.2) is 30.3 Å². The van der Waals surface area contributed by atoms with Crippen LogP contribution >= 0.6 is 0 Å². The molecule has 0 fully saturated rings. The number of ether oxygens (including phenoxy) is 1. The molecule has 1 unspecified atom stereocenters. The normalized spacial score (nSPS) is 11.8. The highest BCUT2D eigenvalue weighted by Crippen LogP contribution is 2.25. The van der Waals surface area contributed by atoms with Crippen LogP contribution in [0, 0.1) is 5.82 Å². The molecule has 1 heterocycles. The summed E-state index contributed by atoms with van der Waals surface area (Å²) < 4.78 is 24.8. The third-order valence-corrected chi connectivity index (χ3v) is 4.12. The summed E-state index contributed by atoms with van der Waals surface area (Å²) in [5.74, 6) is 1.13. The molecule has 1 atom stereocenters. The summed E-state index contributed by atoms with van der Waals surface area (Å²) in [5, 5.41) is 12.6. The average Bonchev–Trinajstić information content (AvgIpc) is 3.19. The molecular formula is C22H22FNO4. The molecule has 0 aliphatic carbocycles. The Kier molecular flexibility index (Phi) is 6.81. The molecule has 5 nitrogen and oxygen atoms in total. The fourth-order valence-corrected chi connectivity index (χ4v) is 2.64. The van der Waals surface area contributed by atoms with Gasteiger partial charge in [0, 0.05) is 19.4 Å². The number of hydrogen-bond donors (Lipinski definition) is 2. The van der Waals surface area contributed by atoms with E-state index in [0.29, 0.717) is 29.3 Å². The highest BCUT2D eigenvalue weighted by atomic mass is 19.1. The number of nitrogens with one attached hydrogen (secondary N) is 1. The fraction of sp³-hybridized carbons (Fsp3) is 0.227. The van der Waals surface area contributed by atoms with Crippen LogP contribution in [0.1, 0.15) is 12.2 Å². The second kappa shape index (κ2) is 9.71. The van der Waals surface area contributed by atoms with Gasteiger partial charge in [-0.2, -0.15) is 0 Å². The number of para-hydroxylation sites is 1. The van der Waals surface area contributed by atoms with Crippen LogP contribution in [0.5, 0.6) is 5.75 Å². The number of carbonyl (C=O) groups excluding carboxylic acids is 1. The van der Waals surface area contributed by atoms with Crippen LogP contribution < -0.4 is 10.1 Å². The molecule has 0 spiro atoms. The van der Waals surface area contributed by atoms with Crippen molar-refractivity contribution in [1.29, 1.82) is 0 Å². The Labute approximate surface area is 162 Å². The maximum absolute atomic E-state index is 13.8. The van der Waals surface area contributed by atoms with Crippen LogP contribution in [0.15, 0.2) is 71.1 Å². The first-order valence-electron chi connectivity index (χ1n) is 9.08. The molecule has 28 heavy (non-hydrogen) atoms. The number of hydrogen-bond acceptors (Lipinski definition) is 4. The number of furan rings is 1. The van der Waals surface area contributed by atoms with Crippen molar-refractivity contribution in [3.8, 4) is 17.1 Å². The number of halogens is 1. The van der Waals surface area contributed by atoms with E-state index in [0.717, 1.165) is 0 Å². The second-order valence-corrected chi connectivity index (χ2v) is 6.33. The van der Waals surface area contributed by atoms with E-state index in [1.165, 1.54) is 6.07 Å². The zero-order valence-electron chi connectivity index (χ0n) is 15.3. The van der Waals surface area contributed by atoms with Gasteiger partial charge in [-0.15, -0.1) is 0 Å².